The molecule has 0 aromatic heterocycles. The zero-order valence-electron chi connectivity index (χ0n) is 8.34. The van der Waals surface area contributed by atoms with Gasteiger partial charge in [-0.15, -0.1) is 11.6 Å². The van der Waals surface area contributed by atoms with Crippen LogP contribution >= 0.6 is 11.6 Å². The molecule has 1 saturated carbocycles. The van der Waals surface area contributed by atoms with E-state index in [0.717, 1.165) is 12.5 Å². The molecule has 0 aromatic carbocycles. The van der Waals surface area contributed by atoms with E-state index < -0.39 is 0 Å². The van der Waals surface area contributed by atoms with E-state index in [1.807, 2.05) is 12.2 Å². The third-order valence-electron chi connectivity index (χ3n) is 2.70. The Kier molecular flexibility index (Phi) is 5.49. The molecule has 1 nitrogen and oxygen atoms in total. The highest BCUT2D eigenvalue weighted by Gasteiger charge is 2.20. The summed E-state index contributed by atoms with van der Waals surface area (Å²) in [4.78, 5) is 0. The second kappa shape index (κ2) is 6.44. The average Bonchev–Trinajstić information content (AvgIpc) is 2.15. The fourth-order valence-corrected chi connectivity index (χ4v) is 1.97. The predicted octanol–water partition coefficient (Wildman–Crippen LogP) is 3.38. The van der Waals surface area contributed by atoms with Crippen molar-refractivity contribution >= 4 is 11.6 Å². The lowest BCUT2D eigenvalue weighted by Crippen LogP contribution is -2.25. The van der Waals surface area contributed by atoms with Crippen LogP contribution in [0, 0.1) is 5.92 Å². The van der Waals surface area contributed by atoms with Gasteiger partial charge in [-0.2, -0.15) is 0 Å². The summed E-state index contributed by atoms with van der Waals surface area (Å²) >= 11 is 5.51. The van der Waals surface area contributed by atoms with E-state index >= 15 is 0 Å². The van der Waals surface area contributed by atoms with E-state index in [4.69, 9.17) is 16.3 Å². The normalized spacial score (nSPS) is 29.7. The van der Waals surface area contributed by atoms with Crippen LogP contribution in [-0.4, -0.2) is 18.6 Å². The smallest absolute Gasteiger partial charge is 0.0651 e. The van der Waals surface area contributed by atoms with Crippen LogP contribution in [0.2, 0.25) is 0 Å². The van der Waals surface area contributed by atoms with Crippen LogP contribution in [0.25, 0.3) is 0 Å². The van der Waals surface area contributed by atoms with Gasteiger partial charge in [0.1, 0.15) is 0 Å². The molecule has 0 aromatic rings. The Morgan fingerprint density at radius 1 is 1.31 bits per heavy atom. The molecule has 0 spiro atoms. The Labute approximate surface area is 86.1 Å². The zero-order chi connectivity index (χ0) is 9.52. The van der Waals surface area contributed by atoms with Crippen LogP contribution in [0.1, 0.15) is 32.6 Å². The van der Waals surface area contributed by atoms with Crippen LogP contribution in [0.4, 0.5) is 0 Å². The molecule has 1 fully saturated rings. The van der Waals surface area contributed by atoms with Gasteiger partial charge >= 0.3 is 0 Å². The molecule has 1 aliphatic rings. The maximum Gasteiger partial charge on any atom is 0.0651 e. The van der Waals surface area contributed by atoms with E-state index in [2.05, 4.69) is 6.92 Å². The molecule has 0 heterocycles. The van der Waals surface area contributed by atoms with Gasteiger partial charge in [-0.05, 0) is 18.8 Å². The van der Waals surface area contributed by atoms with Gasteiger partial charge in [0.05, 0.1) is 12.7 Å². The van der Waals surface area contributed by atoms with Gasteiger partial charge < -0.3 is 4.74 Å². The van der Waals surface area contributed by atoms with Gasteiger partial charge in [-0.1, -0.05) is 31.9 Å². The van der Waals surface area contributed by atoms with Crippen LogP contribution in [0.3, 0.4) is 0 Å². The lowest BCUT2D eigenvalue weighted by molar-refractivity contribution is 0.0103. The second-order valence-electron chi connectivity index (χ2n) is 3.76. The Bertz CT molecular complexity index is 156. The van der Waals surface area contributed by atoms with E-state index in [1.165, 1.54) is 25.7 Å². The highest BCUT2D eigenvalue weighted by Crippen LogP contribution is 2.26. The minimum atomic E-state index is 0.480. The molecular formula is C11H19ClO. The van der Waals surface area contributed by atoms with Crippen molar-refractivity contribution in [2.24, 2.45) is 5.92 Å². The Morgan fingerprint density at radius 2 is 2.08 bits per heavy atom. The van der Waals surface area contributed by atoms with Crippen LogP contribution < -0.4 is 0 Å². The Balaban J connectivity index is 2.15. The van der Waals surface area contributed by atoms with Crippen molar-refractivity contribution < 1.29 is 4.74 Å². The van der Waals surface area contributed by atoms with Crippen molar-refractivity contribution in [3.63, 3.8) is 0 Å². The lowest BCUT2D eigenvalue weighted by atomic mass is 9.88. The highest BCUT2D eigenvalue weighted by atomic mass is 35.5. The predicted molar refractivity (Wildman–Crippen MR) is 57.2 cm³/mol. The van der Waals surface area contributed by atoms with E-state index in [1.54, 1.807) is 0 Å². The van der Waals surface area contributed by atoms with Crippen molar-refractivity contribution in [3.05, 3.63) is 12.2 Å². The number of alkyl halides is 1. The Morgan fingerprint density at radius 3 is 2.77 bits per heavy atom. The summed E-state index contributed by atoms with van der Waals surface area (Å²) in [6, 6.07) is 0. The van der Waals surface area contributed by atoms with Crippen molar-refractivity contribution in [1.29, 1.82) is 0 Å². The molecule has 2 atom stereocenters. The summed E-state index contributed by atoms with van der Waals surface area (Å²) in [5, 5.41) is 0. The van der Waals surface area contributed by atoms with Gasteiger partial charge in [-0.25, -0.2) is 0 Å². The van der Waals surface area contributed by atoms with Crippen molar-refractivity contribution in [1.82, 2.24) is 0 Å². The fourth-order valence-electron chi connectivity index (χ4n) is 1.84. The lowest BCUT2D eigenvalue weighted by Gasteiger charge is -2.28. The third-order valence-corrected chi connectivity index (χ3v) is 2.87. The first-order valence-corrected chi connectivity index (χ1v) is 5.70. The molecule has 0 N–H and O–H groups in total. The number of allylic oxidation sites excluding steroid dienone is 1. The third kappa shape index (κ3) is 4.15. The quantitative estimate of drug-likeness (QED) is 0.502. The van der Waals surface area contributed by atoms with E-state index in [-0.39, 0.29) is 0 Å². The number of ether oxygens (including phenoxy) is 1. The maximum absolute atomic E-state index is 5.75. The summed E-state index contributed by atoms with van der Waals surface area (Å²) < 4.78 is 5.75. The summed E-state index contributed by atoms with van der Waals surface area (Å²) in [7, 11) is 0. The molecule has 0 saturated heterocycles. The molecule has 0 aliphatic heterocycles. The standard InChI is InChI=1S/C11H19ClO/c1-10-6-2-3-7-11(10)13-9-5-4-8-12/h4-5,10-11H,2-3,6-9H2,1H3. The second-order valence-corrected chi connectivity index (χ2v) is 4.07. The van der Waals surface area contributed by atoms with Crippen molar-refractivity contribution in [2.75, 3.05) is 12.5 Å². The fraction of sp³-hybridized carbons (Fsp3) is 0.818. The number of hydrogen-bond acceptors (Lipinski definition) is 1. The minimum Gasteiger partial charge on any atom is -0.374 e. The Hall–Kier alpha value is -0.0100. The molecule has 0 radical (unpaired) electrons. The molecule has 13 heavy (non-hydrogen) atoms. The SMILES string of the molecule is CC1CCCCC1OCC=CCCl. The topological polar surface area (TPSA) is 9.23 Å². The van der Waals surface area contributed by atoms with Gasteiger partial charge in [0.2, 0.25) is 0 Å². The average molecular weight is 203 g/mol. The van der Waals surface area contributed by atoms with Gasteiger partial charge in [-0.3, -0.25) is 0 Å². The molecule has 2 heteroatoms. The highest BCUT2D eigenvalue weighted by molar-refractivity contribution is 6.18. The van der Waals surface area contributed by atoms with Crippen LogP contribution in [-0.2, 0) is 4.74 Å². The minimum absolute atomic E-state index is 0.480. The molecule has 1 rings (SSSR count). The van der Waals surface area contributed by atoms with Crippen LogP contribution in [0.15, 0.2) is 12.2 Å². The summed E-state index contributed by atoms with van der Waals surface area (Å²) in [6.07, 6.45) is 9.68. The maximum atomic E-state index is 5.75. The molecule has 1 aliphatic carbocycles. The number of hydrogen-bond donors (Lipinski definition) is 0. The van der Waals surface area contributed by atoms with E-state index in [0.29, 0.717) is 12.0 Å². The summed E-state index contributed by atoms with van der Waals surface area (Å²) in [5.74, 6) is 1.32. The summed E-state index contributed by atoms with van der Waals surface area (Å²) in [6.45, 7) is 3.01. The largest absolute Gasteiger partial charge is 0.374 e. The first kappa shape index (κ1) is 11.1. The molecule has 2 unspecified atom stereocenters. The van der Waals surface area contributed by atoms with Crippen LogP contribution in [0.5, 0.6) is 0 Å². The number of halogens is 1. The molecule has 0 bridgehead atoms. The van der Waals surface area contributed by atoms with Crippen molar-refractivity contribution in [2.45, 2.75) is 38.7 Å². The molecular weight excluding hydrogens is 184 g/mol. The number of rotatable bonds is 4. The first-order chi connectivity index (χ1) is 6.34. The van der Waals surface area contributed by atoms with Gasteiger partial charge in [0.15, 0.2) is 0 Å². The molecule has 0 amide bonds. The molecule has 76 valence electrons. The van der Waals surface area contributed by atoms with Gasteiger partial charge in [0.25, 0.3) is 0 Å². The monoisotopic (exact) mass is 202 g/mol. The first-order valence-electron chi connectivity index (χ1n) is 5.17. The van der Waals surface area contributed by atoms with E-state index in [9.17, 15) is 0 Å². The summed E-state index contributed by atoms with van der Waals surface area (Å²) in [5.41, 5.74) is 0. The zero-order valence-corrected chi connectivity index (χ0v) is 9.09. The van der Waals surface area contributed by atoms with Gasteiger partial charge in [0, 0.05) is 5.88 Å². The van der Waals surface area contributed by atoms with Crippen molar-refractivity contribution in [3.8, 4) is 0 Å².